The van der Waals surface area contributed by atoms with E-state index in [9.17, 15) is 9.32 Å². The van der Waals surface area contributed by atoms with E-state index in [0.29, 0.717) is 22.4 Å². The van der Waals surface area contributed by atoms with E-state index in [1.807, 2.05) is 25.1 Å². The average molecular weight is 472 g/mol. The lowest BCUT2D eigenvalue weighted by Gasteiger charge is -2.14. The largest absolute Gasteiger partial charge is 0.508 e. The van der Waals surface area contributed by atoms with Crippen molar-refractivity contribution in [3.8, 4) is 21.9 Å². The zero-order valence-electron chi connectivity index (χ0n) is 18.4. The molecule has 8 heteroatoms. The first-order valence-corrected chi connectivity index (χ1v) is 12.9. The number of nitrogens with zero attached hydrogens (tertiary/aromatic N) is 1. The van der Waals surface area contributed by atoms with Gasteiger partial charge in [0, 0.05) is 12.1 Å². The number of ether oxygens (including phenoxy) is 1. The second-order valence-electron chi connectivity index (χ2n) is 8.05. The van der Waals surface area contributed by atoms with Gasteiger partial charge in [0.25, 0.3) is 0 Å². The van der Waals surface area contributed by atoms with Crippen LogP contribution in [0, 0.1) is 6.92 Å². The van der Waals surface area contributed by atoms with Gasteiger partial charge in [0.1, 0.15) is 16.4 Å². The molecule has 0 spiro atoms. The summed E-state index contributed by atoms with van der Waals surface area (Å²) in [5.41, 5.74) is 2.48. The number of phenols is 1. The molecule has 0 saturated heterocycles. The van der Waals surface area contributed by atoms with Crippen LogP contribution >= 0.6 is 11.3 Å². The van der Waals surface area contributed by atoms with Crippen LogP contribution in [0.25, 0.3) is 10.4 Å². The average Bonchev–Trinajstić information content (AvgIpc) is 2.96. The third kappa shape index (κ3) is 5.42. The third-order valence-corrected chi connectivity index (χ3v) is 7.94. The van der Waals surface area contributed by atoms with Crippen molar-refractivity contribution >= 4 is 33.1 Å². The molecule has 0 radical (unpaired) electrons. The SMILES string of the molecule is COc1ccc(-c2sc(NC3CCCCCC3)nc2C)cc1S(=O)Nc1cccc(O)c1. The minimum absolute atomic E-state index is 0.113. The standard InChI is InChI=1S/C24H29N3O3S2/c1-16-23(31-24(25-16)26-18-8-5-3-4-6-9-18)17-12-13-21(30-2)22(14-17)32(29)27-19-10-7-11-20(28)15-19/h7,10-15,18,27-28H,3-6,8-9H2,1-2H3,(H,25,26). The number of phenolic OH excluding ortho intramolecular Hbond substituents is 1. The van der Waals surface area contributed by atoms with E-state index in [1.165, 1.54) is 44.6 Å². The van der Waals surface area contributed by atoms with Gasteiger partial charge < -0.3 is 19.9 Å². The highest BCUT2D eigenvalue weighted by Crippen LogP contribution is 2.37. The Morgan fingerprint density at radius 1 is 1.12 bits per heavy atom. The number of aromatic hydroxyl groups is 1. The van der Waals surface area contributed by atoms with Gasteiger partial charge >= 0.3 is 0 Å². The number of anilines is 2. The summed E-state index contributed by atoms with van der Waals surface area (Å²) in [6.07, 6.45) is 7.58. The number of methoxy groups -OCH3 is 1. The summed E-state index contributed by atoms with van der Waals surface area (Å²) in [5, 5.41) is 14.3. The van der Waals surface area contributed by atoms with Crippen LogP contribution in [-0.4, -0.2) is 27.5 Å². The number of hydrogen-bond donors (Lipinski definition) is 3. The first-order chi connectivity index (χ1) is 15.5. The Hall–Kier alpha value is -2.58. The number of nitrogens with one attached hydrogen (secondary N) is 2. The molecular weight excluding hydrogens is 442 g/mol. The number of hydrogen-bond acceptors (Lipinski definition) is 6. The van der Waals surface area contributed by atoms with Crippen LogP contribution < -0.4 is 14.8 Å². The summed E-state index contributed by atoms with van der Waals surface area (Å²) >= 11 is 1.64. The van der Waals surface area contributed by atoms with E-state index in [0.717, 1.165) is 21.3 Å². The first-order valence-electron chi connectivity index (χ1n) is 10.9. The second kappa shape index (κ2) is 10.4. The van der Waals surface area contributed by atoms with Crippen LogP contribution in [0.4, 0.5) is 10.8 Å². The molecule has 1 aliphatic rings. The normalized spacial score (nSPS) is 15.7. The van der Waals surface area contributed by atoms with Crippen LogP contribution in [0.5, 0.6) is 11.5 Å². The molecule has 170 valence electrons. The highest BCUT2D eigenvalue weighted by molar-refractivity contribution is 7.86. The first kappa shape index (κ1) is 22.6. The van der Waals surface area contributed by atoms with Crippen molar-refractivity contribution in [1.82, 2.24) is 4.98 Å². The summed E-state index contributed by atoms with van der Waals surface area (Å²) in [7, 11) is 0.00321. The van der Waals surface area contributed by atoms with Crippen LogP contribution in [0.3, 0.4) is 0 Å². The van der Waals surface area contributed by atoms with Gasteiger partial charge in [-0.05, 0) is 55.7 Å². The topological polar surface area (TPSA) is 83.5 Å². The predicted molar refractivity (Wildman–Crippen MR) is 132 cm³/mol. The second-order valence-corrected chi connectivity index (χ2v) is 10.2. The minimum atomic E-state index is -1.56. The Morgan fingerprint density at radius 2 is 1.91 bits per heavy atom. The molecule has 1 fully saturated rings. The smallest absolute Gasteiger partial charge is 0.183 e. The Bertz CT molecular complexity index is 1090. The zero-order valence-corrected chi connectivity index (χ0v) is 20.0. The predicted octanol–water partition coefficient (Wildman–Crippen LogP) is 6.10. The zero-order chi connectivity index (χ0) is 22.5. The van der Waals surface area contributed by atoms with Crippen molar-refractivity contribution < 1.29 is 14.1 Å². The number of benzene rings is 2. The Morgan fingerprint density at radius 3 is 2.62 bits per heavy atom. The highest BCUT2D eigenvalue weighted by Gasteiger charge is 2.18. The molecule has 1 saturated carbocycles. The van der Waals surface area contributed by atoms with Gasteiger partial charge in [-0.2, -0.15) is 0 Å². The van der Waals surface area contributed by atoms with Gasteiger partial charge in [0.2, 0.25) is 0 Å². The monoisotopic (exact) mass is 471 g/mol. The fourth-order valence-electron chi connectivity index (χ4n) is 4.02. The van der Waals surface area contributed by atoms with E-state index < -0.39 is 11.0 Å². The van der Waals surface area contributed by atoms with Crippen molar-refractivity contribution in [1.29, 1.82) is 0 Å². The van der Waals surface area contributed by atoms with Gasteiger partial charge in [-0.15, -0.1) is 0 Å². The fraction of sp³-hybridized carbons (Fsp3) is 0.375. The Labute approximate surface area is 195 Å². The summed E-state index contributed by atoms with van der Waals surface area (Å²) in [5.74, 6) is 0.653. The van der Waals surface area contributed by atoms with E-state index in [2.05, 4.69) is 10.0 Å². The van der Waals surface area contributed by atoms with Crippen LogP contribution in [0.2, 0.25) is 0 Å². The Kier molecular flexibility index (Phi) is 7.32. The molecule has 3 N–H and O–H groups in total. The molecule has 0 bridgehead atoms. The fourth-order valence-corrected chi connectivity index (χ4v) is 6.08. The molecule has 32 heavy (non-hydrogen) atoms. The maximum absolute atomic E-state index is 13.1. The van der Waals surface area contributed by atoms with Gasteiger partial charge in [0.05, 0.1) is 23.4 Å². The van der Waals surface area contributed by atoms with Crippen molar-refractivity contribution in [3.05, 3.63) is 48.2 Å². The maximum Gasteiger partial charge on any atom is 0.183 e. The lowest BCUT2D eigenvalue weighted by atomic mass is 10.1. The molecule has 2 aromatic carbocycles. The van der Waals surface area contributed by atoms with E-state index in [4.69, 9.17) is 9.72 Å². The Balaban J connectivity index is 1.57. The highest BCUT2D eigenvalue weighted by atomic mass is 32.2. The molecule has 1 aliphatic carbocycles. The van der Waals surface area contributed by atoms with Crippen molar-refractivity contribution in [2.45, 2.75) is 56.4 Å². The maximum atomic E-state index is 13.1. The quantitative estimate of drug-likeness (QED) is 0.363. The van der Waals surface area contributed by atoms with Crippen LogP contribution in [-0.2, 0) is 11.0 Å². The number of thiazole rings is 1. The summed E-state index contributed by atoms with van der Waals surface area (Å²) < 4.78 is 21.5. The molecule has 1 atom stereocenters. The van der Waals surface area contributed by atoms with Crippen molar-refractivity contribution in [2.24, 2.45) is 0 Å². The molecule has 0 aliphatic heterocycles. The molecule has 1 unspecified atom stereocenters. The molecule has 6 nitrogen and oxygen atoms in total. The van der Waals surface area contributed by atoms with Gasteiger partial charge in [-0.3, -0.25) is 0 Å². The van der Waals surface area contributed by atoms with Crippen LogP contribution in [0.15, 0.2) is 47.4 Å². The molecule has 0 amide bonds. The summed E-state index contributed by atoms with van der Waals surface area (Å²) in [6.45, 7) is 2.01. The molecule has 4 rings (SSSR count). The van der Waals surface area contributed by atoms with Crippen LogP contribution in [0.1, 0.15) is 44.2 Å². The summed E-state index contributed by atoms with van der Waals surface area (Å²) in [4.78, 5) is 6.36. The van der Waals surface area contributed by atoms with Gasteiger partial charge in [0.15, 0.2) is 16.1 Å². The van der Waals surface area contributed by atoms with Gasteiger partial charge in [-0.1, -0.05) is 43.1 Å². The third-order valence-electron chi connectivity index (χ3n) is 5.66. The number of aryl methyl sites for hydroxylation is 1. The lowest BCUT2D eigenvalue weighted by Crippen LogP contribution is -2.17. The summed E-state index contributed by atoms with van der Waals surface area (Å²) in [6, 6.07) is 12.8. The van der Waals surface area contributed by atoms with Gasteiger partial charge in [-0.25, -0.2) is 9.19 Å². The number of aromatic nitrogens is 1. The molecule has 3 aromatic rings. The van der Waals surface area contributed by atoms with E-state index in [-0.39, 0.29) is 5.75 Å². The van der Waals surface area contributed by atoms with Crippen molar-refractivity contribution in [2.75, 3.05) is 17.1 Å². The lowest BCUT2D eigenvalue weighted by molar-refractivity contribution is 0.404. The van der Waals surface area contributed by atoms with E-state index >= 15 is 0 Å². The molecule has 1 aromatic heterocycles. The van der Waals surface area contributed by atoms with Crippen molar-refractivity contribution in [3.63, 3.8) is 0 Å². The number of rotatable bonds is 7. The van der Waals surface area contributed by atoms with E-state index in [1.54, 1.807) is 36.6 Å². The molecular formula is C24H29N3O3S2. The minimum Gasteiger partial charge on any atom is -0.508 e. The molecule has 1 heterocycles.